The van der Waals surface area contributed by atoms with Gasteiger partial charge < -0.3 is 0 Å². The maximum absolute atomic E-state index is 4.18. The molecule has 2 bridgehead atoms. The minimum Gasteiger partial charge on any atom is -0.295 e. The van der Waals surface area contributed by atoms with Gasteiger partial charge in [0.2, 0.25) is 0 Å². The van der Waals surface area contributed by atoms with Crippen molar-refractivity contribution in [2.45, 2.75) is 25.3 Å². The van der Waals surface area contributed by atoms with Crippen molar-refractivity contribution in [2.24, 2.45) is 5.92 Å². The van der Waals surface area contributed by atoms with Gasteiger partial charge in [-0.2, -0.15) is 15.4 Å². The van der Waals surface area contributed by atoms with Gasteiger partial charge in [0, 0.05) is 0 Å². The Kier molecular flexibility index (Phi) is 1.62. The highest BCUT2D eigenvalue weighted by Gasteiger charge is 2.35. The molecule has 3 aliphatic rings. The quantitative estimate of drug-likeness (QED) is 0.696. The zero-order valence-corrected chi connectivity index (χ0v) is 7.61. The van der Waals surface area contributed by atoms with Crippen molar-refractivity contribution in [1.29, 1.82) is 0 Å². The van der Waals surface area contributed by atoms with E-state index >= 15 is 0 Å². The van der Waals surface area contributed by atoms with Gasteiger partial charge >= 0.3 is 0 Å². The van der Waals surface area contributed by atoms with Gasteiger partial charge in [-0.3, -0.25) is 4.90 Å². The van der Waals surface area contributed by atoms with Crippen LogP contribution < -0.4 is 0 Å². The molecule has 0 aromatic carbocycles. The molecule has 4 rings (SSSR count). The van der Waals surface area contributed by atoms with Crippen LogP contribution in [0, 0.1) is 5.92 Å². The van der Waals surface area contributed by atoms with Gasteiger partial charge in [0.25, 0.3) is 0 Å². The highest BCUT2D eigenvalue weighted by atomic mass is 15.3. The maximum atomic E-state index is 4.18. The van der Waals surface area contributed by atoms with Gasteiger partial charge in [-0.15, -0.1) is 0 Å². The smallest absolute Gasteiger partial charge is 0.0996 e. The fraction of sp³-hybridized carbons (Fsp3) is 0.778. The Morgan fingerprint density at radius 1 is 1.38 bits per heavy atom. The van der Waals surface area contributed by atoms with Crippen molar-refractivity contribution in [3.05, 3.63) is 11.9 Å². The molecular weight excluding hydrogens is 164 g/mol. The Hall–Kier alpha value is -0.900. The van der Waals surface area contributed by atoms with Crippen molar-refractivity contribution in [3.63, 3.8) is 0 Å². The predicted octanol–water partition coefficient (Wildman–Crippen LogP) is 0.961. The second-order valence-electron chi connectivity index (χ2n) is 4.13. The number of aromatic nitrogens is 3. The van der Waals surface area contributed by atoms with Crippen LogP contribution in [-0.4, -0.2) is 33.4 Å². The lowest BCUT2D eigenvalue weighted by Crippen LogP contribution is -2.43. The number of nitrogens with zero attached hydrogens (tertiary/aromatic N) is 3. The second-order valence-corrected chi connectivity index (χ2v) is 4.13. The average molecular weight is 178 g/mol. The lowest BCUT2D eigenvalue weighted by molar-refractivity contribution is 0.0468. The summed E-state index contributed by atoms with van der Waals surface area (Å²) < 4.78 is 0. The standard InChI is InChI=1S/C9H14N4/c1-3-13-4-2-7(1)5-9(13)8-6-10-12-11-8/h6-7,9H,1-5H2,(H,10,11,12). The maximum Gasteiger partial charge on any atom is 0.0996 e. The van der Waals surface area contributed by atoms with E-state index in [4.69, 9.17) is 0 Å². The number of hydrogen-bond donors (Lipinski definition) is 1. The van der Waals surface area contributed by atoms with Gasteiger partial charge in [-0.1, -0.05) is 0 Å². The molecule has 3 aliphatic heterocycles. The highest BCUT2D eigenvalue weighted by Crippen LogP contribution is 2.39. The Morgan fingerprint density at radius 3 is 2.77 bits per heavy atom. The third-order valence-corrected chi connectivity index (χ3v) is 3.42. The lowest BCUT2D eigenvalue weighted by atomic mass is 9.82. The summed E-state index contributed by atoms with van der Waals surface area (Å²) in [4.78, 5) is 2.54. The van der Waals surface area contributed by atoms with Crippen LogP contribution in [0.15, 0.2) is 6.20 Å². The topological polar surface area (TPSA) is 44.8 Å². The number of piperidine rings is 3. The van der Waals surface area contributed by atoms with E-state index in [9.17, 15) is 0 Å². The molecule has 0 radical (unpaired) electrons. The summed E-state index contributed by atoms with van der Waals surface area (Å²) in [6, 6.07) is 0.547. The molecule has 4 nitrogen and oxygen atoms in total. The molecule has 70 valence electrons. The van der Waals surface area contributed by atoms with E-state index < -0.39 is 0 Å². The first kappa shape index (κ1) is 7.50. The summed E-state index contributed by atoms with van der Waals surface area (Å²) in [7, 11) is 0. The van der Waals surface area contributed by atoms with Crippen molar-refractivity contribution < 1.29 is 0 Å². The molecule has 4 heteroatoms. The fourth-order valence-electron chi connectivity index (χ4n) is 2.64. The second kappa shape index (κ2) is 2.80. The predicted molar refractivity (Wildman–Crippen MR) is 48.0 cm³/mol. The summed E-state index contributed by atoms with van der Waals surface area (Å²) in [6.07, 6.45) is 5.92. The molecule has 3 saturated heterocycles. The third-order valence-electron chi connectivity index (χ3n) is 3.42. The first-order chi connectivity index (χ1) is 6.43. The summed E-state index contributed by atoms with van der Waals surface area (Å²) >= 11 is 0. The number of fused-ring (bicyclic) bond motifs is 3. The Morgan fingerprint density at radius 2 is 2.23 bits per heavy atom. The summed E-state index contributed by atoms with van der Waals surface area (Å²) in [5.41, 5.74) is 1.13. The number of aromatic amines is 1. The van der Waals surface area contributed by atoms with Gasteiger partial charge in [0.15, 0.2) is 0 Å². The van der Waals surface area contributed by atoms with Gasteiger partial charge in [-0.25, -0.2) is 0 Å². The van der Waals surface area contributed by atoms with Crippen LogP contribution in [0.1, 0.15) is 31.0 Å². The number of hydrogen-bond acceptors (Lipinski definition) is 3. The molecular formula is C9H14N4. The first-order valence-electron chi connectivity index (χ1n) is 5.03. The van der Waals surface area contributed by atoms with Crippen molar-refractivity contribution >= 4 is 0 Å². The minimum atomic E-state index is 0.547. The highest BCUT2D eigenvalue weighted by molar-refractivity contribution is 5.04. The molecule has 1 aromatic rings. The molecule has 4 heterocycles. The zero-order chi connectivity index (χ0) is 8.67. The number of nitrogens with one attached hydrogen (secondary N) is 1. The van der Waals surface area contributed by atoms with E-state index in [2.05, 4.69) is 20.3 Å². The average Bonchev–Trinajstić information content (AvgIpc) is 2.72. The van der Waals surface area contributed by atoms with Crippen LogP contribution in [0.4, 0.5) is 0 Å². The van der Waals surface area contributed by atoms with E-state index in [1.807, 2.05) is 6.20 Å². The first-order valence-corrected chi connectivity index (χ1v) is 5.03. The largest absolute Gasteiger partial charge is 0.295 e. The van der Waals surface area contributed by atoms with Crippen LogP contribution >= 0.6 is 0 Å². The fourth-order valence-corrected chi connectivity index (χ4v) is 2.64. The number of rotatable bonds is 1. The lowest BCUT2D eigenvalue weighted by Gasteiger charge is -2.44. The van der Waals surface area contributed by atoms with E-state index in [0.717, 1.165) is 11.6 Å². The van der Waals surface area contributed by atoms with Crippen molar-refractivity contribution in [3.8, 4) is 0 Å². The SMILES string of the molecule is c1n[nH]nc1C1CC2CCN1CC2. The van der Waals surface area contributed by atoms with Crippen LogP contribution in [0.2, 0.25) is 0 Å². The van der Waals surface area contributed by atoms with Crippen LogP contribution in [0.25, 0.3) is 0 Å². The van der Waals surface area contributed by atoms with Gasteiger partial charge in [-0.05, 0) is 38.3 Å². The molecule has 1 unspecified atom stereocenters. The summed E-state index contributed by atoms with van der Waals surface area (Å²) in [5, 5.41) is 10.8. The molecule has 1 atom stereocenters. The molecule has 3 fully saturated rings. The van der Waals surface area contributed by atoms with Crippen LogP contribution in [0.5, 0.6) is 0 Å². The molecule has 0 amide bonds. The van der Waals surface area contributed by atoms with E-state index in [0.29, 0.717) is 6.04 Å². The van der Waals surface area contributed by atoms with E-state index in [1.165, 1.54) is 32.4 Å². The molecule has 0 spiro atoms. The number of H-pyrrole nitrogens is 1. The molecule has 13 heavy (non-hydrogen) atoms. The van der Waals surface area contributed by atoms with Crippen LogP contribution in [0.3, 0.4) is 0 Å². The molecule has 0 saturated carbocycles. The van der Waals surface area contributed by atoms with Gasteiger partial charge in [0.1, 0.15) is 0 Å². The minimum absolute atomic E-state index is 0.547. The third kappa shape index (κ3) is 1.16. The summed E-state index contributed by atoms with van der Waals surface area (Å²) in [6.45, 7) is 2.50. The monoisotopic (exact) mass is 178 g/mol. The molecule has 1 aromatic heterocycles. The normalized spacial score (nSPS) is 38.0. The molecule has 0 aliphatic carbocycles. The van der Waals surface area contributed by atoms with Crippen LogP contribution in [-0.2, 0) is 0 Å². The van der Waals surface area contributed by atoms with E-state index in [1.54, 1.807) is 0 Å². The Bertz CT molecular complexity index is 274. The Labute approximate surface area is 77.3 Å². The van der Waals surface area contributed by atoms with E-state index in [-0.39, 0.29) is 0 Å². The van der Waals surface area contributed by atoms with Crippen molar-refractivity contribution in [1.82, 2.24) is 20.3 Å². The zero-order valence-electron chi connectivity index (χ0n) is 7.61. The van der Waals surface area contributed by atoms with Crippen molar-refractivity contribution in [2.75, 3.05) is 13.1 Å². The van der Waals surface area contributed by atoms with Gasteiger partial charge in [0.05, 0.1) is 17.9 Å². The Balaban J connectivity index is 1.85. The summed E-state index contributed by atoms with van der Waals surface area (Å²) in [5.74, 6) is 0.937. The molecule has 1 N–H and O–H groups in total.